The molecule has 0 amide bonds. The largest absolute Gasteiger partial charge is 0.768 e. The summed E-state index contributed by atoms with van der Waals surface area (Å²) in [7, 11) is -0.877. The number of hydrogen-bond donors (Lipinski definition) is 4. The van der Waals surface area contributed by atoms with Crippen molar-refractivity contribution < 1.29 is 36.0 Å². The monoisotopic (exact) mass is 709 g/mol. The first kappa shape index (κ1) is 42.1. The van der Waals surface area contributed by atoms with Crippen molar-refractivity contribution in [3.8, 4) is 0 Å². The van der Waals surface area contributed by atoms with Crippen molar-refractivity contribution in [2.24, 2.45) is 10.4 Å². The number of rotatable bonds is 8. The Kier molecular flexibility index (Phi) is 22.3. The molecule has 0 fully saturated rings. The molecule has 10 nitrogen and oxygen atoms in total. The third-order valence-electron chi connectivity index (χ3n) is 6.10. The Bertz CT molecular complexity index is 1400. The molecule has 0 aliphatic heterocycles. The van der Waals surface area contributed by atoms with Crippen LogP contribution in [0.1, 0.15) is 33.3 Å². The summed E-state index contributed by atoms with van der Waals surface area (Å²) >= 11 is -2.09. The maximum atomic E-state index is 10.3. The van der Waals surface area contributed by atoms with Crippen LogP contribution in [-0.2, 0) is 27.9 Å². The minimum atomic E-state index is -2.09. The molecule has 4 aromatic rings. The molecule has 1 atom stereocenters. The number of benzene rings is 4. The molecule has 46 heavy (non-hydrogen) atoms. The van der Waals surface area contributed by atoms with E-state index in [-0.39, 0.29) is 28.2 Å². The number of nitroso groups, excluding NO2 is 2. The Labute approximate surface area is 284 Å². The van der Waals surface area contributed by atoms with Crippen LogP contribution in [0.4, 0.5) is 0 Å². The fourth-order valence-corrected chi connectivity index (χ4v) is 6.20. The summed E-state index contributed by atoms with van der Waals surface area (Å²) < 4.78 is 20.6. The van der Waals surface area contributed by atoms with E-state index in [0.29, 0.717) is 16.3 Å². The van der Waals surface area contributed by atoms with Crippen molar-refractivity contribution in [1.82, 2.24) is 11.0 Å². The van der Waals surface area contributed by atoms with Gasteiger partial charge in [-0.25, -0.2) is 0 Å². The van der Waals surface area contributed by atoms with Crippen molar-refractivity contribution >= 4 is 34.9 Å². The number of hydrogen-bond acceptors (Lipinski definition) is 10. The molecule has 1 radical (unpaired) electrons. The van der Waals surface area contributed by atoms with Crippen molar-refractivity contribution in [3.05, 3.63) is 153 Å². The second-order valence-corrected chi connectivity index (χ2v) is 12.8. The molecule has 0 aliphatic rings. The normalized spacial score (nSPS) is 11.5. The molecule has 4 N–H and O–H groups in total. The third kappa shape index (κ3) is 15.9. The summed E-state index contributed by atoms with van der Waals surface area (Å²) in [5, 5.41) is 25.7. The van der Waals surface area contributed by atoms with E-state index < -0.39 is 19.0 Å². The molecule has 1 unspecified atom stereocenters. The maximum absolute atomic E-state index is 10.3. The zero-order chi connectivity index (χ0) is 33.6. The van der Waals surface area contributed by atoms with E-state index in [2.05, 4.69) is 101 Å². The molecule has 0 spiro atoms. The Morgan fingerprint density at radius 3 is 1.15 bits per heavy atom. The van der Waals surface area contributed by atoms with Gasteiger partial charge in [-0.15, -0.1) is 9.81 Å². The smallest absolute Gasteiger partial charge is 0.103 e. The van der Waals surface area contributed by atoms with Gasteiger partial charge in [-0.1, -0.05) is 72.3 Å². The standard InChI is InChI=1S/C18H15P.C7H8O2S.2C4H8N2O2.Co/c1-4-10-16(11-5-1)19(17-12-6-2-7-13-17)18-14-8-3-9-15-18;1-6-2-4-7(5-3-6)10(8)9;2*1-3(5-7)4(2)6-8;/h1-15H;2-5H,1H3,(H,8,9);2*5,7H,1-2H3;/b;;2*4-3-;. The van der Waals surface area contributed by atoms with Crippen LogP contribution in [0.5, 0.6) is 0 Å². The van der Waals surface area contributed by atoms with E-state index in [1.54, 1.807) is 49.1 Å². The summed E-state index contributed by atoms with van der Waals surface area (Å²) in [5.74, 6) is 0. The van der Waals surface area contributed by atoms with Gasteiger partial charge in [-0.3, -0.25) is 25.6 Å². The molecule has 0 heterocycles. The van der Waals surface area contributed by atoms with E-state index in [9.17, 15) is 18.6 Å². The van der Waals surface area contributed by atoms with Gasteiger partial charge < -0.3 is 4.55 Å². The molecule has 0 aromatic heterocycles. The van der Waals surface area contributed by atoms with Crippen LogP contribution < -0.4 is 26.9 Å². The van der Waals surface area contributed by atoms with Crippen LogP contribution in [0, 0.1) is 16.7 Å². The van der Waals surface area contributed by atoms with E-state index in [4.69, 9.17) is 10.4 Å². The van der Waals surface area contributed by atoms with Crippen molar-refractivity contribution in [2.45, 2.75) is 39.5 Å². The Morgan fingerprint density at radius 2 is 0.935 bits per heavy atom. The van der Waals surface area contributed by atoms with Crippen LogP contribution in [-0.4, -0.2) is 19.2 Å². The SMILES string of the molecule is C/C(N=O)=C(\C)NO.C/C(N=O)=C(\C)NO.Cc1ccc(S(=O)[O-])cc1.[Co].c1ccc([PH+](c2ccccc2)c2ccccc2)cc1. The number of nitrogens with one attached hydrogen (secondary N) is 2. The molecular formula is C33H39CoN4O6PS. The van der Waals surface area contributed by atoms with Gasteiger partial charge in [0.05, 0.1) is 19.3 Å². The van der Waals surface area contributed by atoms with Crippen molar-refractivity contribution in [2.75, 3.05) is 0 Å². The molecule has 247 valence electrons. The summed E-state index contributed by atoms with van der Waals surface area (Å²) in [5.41, 5.74) is 5.93. The first-order valence-corrected chi connectivity index (χ1v) is 16.2. The number of allylic oxidation sites excluding steroid dienone is 4. The van der Waals surface area contributed by atoms with Gasteiger partial charge in [0.2, 0.25) is 0 Å². The molecule has 0 saturated heterocycles. The van der Waals surface area contributed by atoms with Crippen molar-refractivity contribution in [3.63, 3.8) is 0 Å². The first-order valence-electron chi connectivity index (χ1n) is 13.6. The van der Waals surface area contributed by atoms with E-state index in [0.717, 1.165) is 5.56 Å². The van der Waals surface area contributed by atoms with Gasteiger partial charge in [-0.05, 0) is 105 Å². The topological polar surface area (TPSA) is 164 Å². The van der Waals surface area contributed by atoms with Gasteiger partial charge in [-0.2, -0.15) is 0 Å². The van der Waals surface area contributed by atoms with E-state index in [1.165, 1.54) is 29.8 Å². The first-order chi connectivity index (χ1) is 21.6. The Hall–Kier alpha value is -3.87. The quantitative estimate of drug-likeness (QED) is 0.0710. The molecule has 0 saturated carbocycles. The predicted octanol–water partition coefficient (Wildman–Crippen LogP) is 6.37. The molecule has 4 rings (SSSR count). The van der Waals surface area contributed by atoms with Crippen LogP contribution in [0.2, 0.25) is 0 Å². The van der Waals surface area contributed by atoms with Crippen LogP contribution in [0.25, 0.3) is 0 Å². The summed E-state index contributed by atoms with van der Waals surface area (Å²) in [6.45, 7) is 8.03. The molecule has 13 heteroatoms. The fraction of sp³-hybridized carbons (Fsp3) is 0.152. The van der Waals surface area contributed by atoms with Crippen LogP contribution >= 0.6 is 7.92 Å². The minimum Gasteiger partial charge on any atom is -0.768 e. The van der Waals surface area contributed by atoms with Crippen LogP contribution in [0.3, 0.4) is 0 Å². The average molecular weight is 710 g/mol. The van der Waals surface area contributed by atoms with Gasteiger partial charge in [0, 0.05) is 21.7 Å². The molecule has 0 aliphatic carbocycles. The maximum Gasteiger partial charge on any atom is 0.103 e. The predicted molar refractivity (Wildman–Crippen MR) is 183 cm³/mol. The Balaban J connectivity index is 0.000000641. The second kappa shape index (κ2) is 24.4. The molecule has 0 bridgehead atoms. The Morgan fingerprint density at radius 1 is 0.630 bits per heavy atom. The van der Waals surface area contributed by atoms with Gasteiger partial charge >= 0.3 is 0 Å². The van der Waals surface area contributed by atoms with Crippen LogP contribution in [0.15, 0.2) is 153 Å². The van der Waals surface area contributed by atoms with E-state index in [1.807, 2.05) is 6.92 Å². The zero-order valence-corrected chi connectivity index (χ0v) is 29.0. The number of aryl methyl sites for hydroxylation is 1. The third-order valence-corrected chi connectivity index (χ3v) is 9.48. The number of nitrogens with zero attached hydrogens (tertiary/aromatic N) is 2. The van der Waals surface area contributed by atoms with Gasteiger partial charge in [0.25, 0.3) is 0 Å². The minimum absolute atomic E-state index is 0. The summed E-state index contributed by atoms with van der Waals surface area (Å²) in [4.78, 5) is 19.6. The second-order valence-electron chi connectivity index (χ2n) is 9.35. The molecule has 4 aromatic carbocycles. The summed E-state index contributed by atoms with van der Waals surface area (Å²) in [6.07, 6.45) is 0. The van der Waals surface area contributed by atoms with Gasteiger partial charge in [0.1, 0.15) is 27.3 Å². The van der Waals surface area contributed by atoms with Crippen molar-refractivity contribution in [1.29, 1.82) is 0 Å². The number of hydroxylamine groups is 2. The van der Waals surface area contributed by atoms with Gasteiger partial charge in [0.15, 0.2) is 0 Å². The average Bonchev–Trinajstić information content (AvgIpc) is 3.09. The summed E-state index contributed by atoms with van der Waals surface area (Å²) in [6, 6.07) is 39.2. The van der Waals surface area contributed by atoms with E-state index >= 15 is 0 Å². The zero-order valence-electron chi connectivity index (χ0n) is 26.1. The fourth-order valence-electron chi connectivity index (χ4n) is 3.26. The molecular weight excluding hydrogens is 670 g/mol.